The Morgan fingerprint density at radius 1 is 0.789 bits per heavy atom. The maximum Gasteiger partial charge on any atom is 0.160 e. The van der Waals surface area contributed by atoms with Crippen LogP contribution in [-0.4, -0.2) is 12.2 Å². The summed E-state index contributed by atoms with van der Waals surface area (Å²) in [7, 11) is 1.55. The molecule has 0 fully saturated rings. The number of phenolic OH excluding ortho intramolecular Hbond substituents is 1. The lowest BCUT2D eigenvalue weighted by atomic mass is 10.0. The van der Waals surface area contributed by atoms with Crippen LogP contribution in [0.1, 0.15) is 0 Å². The van der Waals surface area contributed by atoms with Crippen molar-refractivity contribution in [3.63, 3.8) is 0 Å². The van der Waals surface area contributed by atoms with Crippen molar-refractivity contribution >= 4 is 10.8 Å². The fourth-order valence-electron chi connectivity index (χ4n) is 2.24. The Morgan fingerprint density at radius 2 is 1.47 bits per heavy atom. The van der Waals surface area contributed by atoms with E-state index in [1.807, 2.05) is 18.2 Å². The molecule has 3 aromatic rings. The van der Waals surface area contributed by atoms with Gasteiger partial charge in [-0.15, -0.1) is 0 Å². The highest BCUT2D eigenvalue weighted by Crippen LogP contribution is 2.32. The van der Waals surface area contributed by atoms with Crippen molar-refractivity contribution in [3.05, 3.63) is 60.7 Å². The first kappa shape index (κ1) is 11.6. The molecule has 3 rings (SSSR count). The van der Waals surface area contributed by atoms with Crippen molar-refractivity contribution in [1.82, 2.24) is 0 Å². The summed E-state index contributed by atoms with van der Waals surface area (Å²) in [5, 5.41) is 12.2. The number of fused-ring (bicyclic) bond motifs is 1. The van der Waals surface area contributed by atoms with Crippen LogP contribution in [0.15, 0.2) is 60.7 Å². The number of aromatic hydroxyl groups is 1. The van der Waals surface area contributed by atoms with Crippen molar-refractivity contribution < 1.29 is 9.84 Å². The molecule has 2 heteroatoms. The van der Waals surface area contributed by atoms with Crippen LogP contribution in [0, 0.1) is 0 Å². The molecule has 0 unspecified atom stereocenters. The summed E-state index contributed by atoms with van der Waals surface area (Å²) in [5.74, 6) is 0.651. The fourth-order valence-corrected chi connectivity index (χ4v) is 2.24. The Bertz CT molecular complexity index is 732. The van der Waals surface area contributed by atoms with E-state index in [1.165, 1.54) is 10.8 Å². The highest BCUT2D eigenvalue weighted by molar-refractivity contribution is 5.87. The second kappa shape index (κ2) is 4.65. The molecule has 0 aliphatic heterocycles. The first-order chi connectivity index (χ1) is 9.28. The third kappa shape index (κ3) is 2.13. The van der Waals surface area contributed by atoms with Crippen LogP contribution in [0.4, 0.5) is 0 Å². The van der Waals surface area contributed by atoms with Gasteiger partial charge < -0.3 is 9.84 Å². The summed E-state index contributed by atoms with van der Waals surface area (Å²) in [6.45, 7) is 0. The fraction of sp³-hybridized carbons (Fsp3) is 0.0588. The predicted molar refractivity (Wildman–Crippen MR) is 77.6 cm³/mol. The highest BCUT2D eigenvalue weighted by atomic mass is 16.5. The zero-order valence-electron chi connectivity index (χ0n) is 10.6. The summed E-state index contributed by atoms with van der Waals surface area (Å²) >= 11 is 0. The lowest BCUT2D eigenvalue weighted by Crippen LogP contribution is -1.84. The molecule has 0 heterocycles. The molecule has 0 radical (unpaired) electrons. The summed E-state index contributed by atoms with van der Waals surface area (Å²) in [6.07, 6.45) is 0. The molecule has 0 aliphatic rings. The Balaban J connectivity index is 2.11. The molecule has 0 spiro atoms. The van der Waals surface area contributed by atoms with Crippen molar-refractivity contribution in [1.29, 1.82) is 0 Å². The molecule has 0 atom stereocenters. The molecule has 19 heavy (non-hydrogen) atoms. The van der Waals surface area contributed by atoms with Gasteiger partial charge in [0.15, 0.2) is 11.5 Å². The van der Waals surface area contributed by atoms with Crippen molar-refractivity contribution in [3.8, 4) is 22.6 Å². The van der Waals surface area contributed by atoms with E-state index in [2.05, 4.69) is 30.3 Å². The molecule has 0 saturated heterocycles. The van der Waals surface area contributed by atoms with Crippen molar-refractivity contribution in [2.24, 2.45) is 0 Å². The van der Waals surface area contributed by atoms with Gasteiger partial charge in [0.25, 0.3) is 0 Å². The zero-order valence-corrected chi connectivity index (χ0v) is 10.6. The van der Waals surface area contributed by atoms with Crippen molar-refractivity contribution in [2.45, 2.75) is 0 Å². The van der Waals surface area contributed by atoms with Gasteiger partial charge in [-0.1, -0.05) is 42.5 Å². The number of ether oxygens (including phenoxy) is 1. The van der Waals surface area contributed by atoms with Gasteiger partial charge in [-0.3, -0.25) is 0 Å². The van der Waals surface area contributed by atoms with Crippen LogP contribution in [0.25, 0.3) is 21.9 Å². The average molecular weight is 250 g/mol. The smallest absolute Gasteiger partial charge is 0.160 e. The summed E-state index contributed by atoms with van der Waals surface area (Å²) in [6, 6.07) is 19.9. The molecule has 3 aromatic carbocycles. The number of hydrogen-bond acceptors (Lipinski definition) is 2. The van der Waals surface area contributed by atoms with E-state index in [0.717, 1.165) is 11.1 Å². The monoisotopic (exact) mass is 250 g/mol. The minimum atomic E-state index is 0.160. The molecular formula is C17H14O2. The molecule has 0 bridgehead atoms. The van der Waals surface area contributed by atoms with Crippen LogP contribution in [-0.2, 0) is 0 Å². The minimum Gasteiger partial charge on any atom is -0.504 e. The summed E-state index contributed by atoms with van der Waals surface area (Å²) in [5.41, 5.74) is 2.06. The van der Waals surface area contributed by atoms with E-state index >= 15 is 0 Å². The Labute approximate surface area is 111 Å². The topological polar surface area (TPSA) is 29.5 Å². The maximum absolute atomic E-state index is 9.84. The predicted octanol–water partition coefficient (Wildman–Crippen LogP) is 4.22. The second-order valence-corrected chi connectivity index (χ2v) is 4.45. The van der Waals surface area contributed by atoms with E-state index in [9.17, 15) is 5.11 Å². The van der Waals surface area contributed by atoms with Crippen LogP contribution >= 0.6 is 0 Å². The molecular weight excluding hydrogens is 236 g/mol. The maximum atomic E-state index is 9.84. The first-order valence-corrected chi connectivity index (χ1v) is 6.14. The molecule has 0 amide bonds. The van der Waals surface area contributed by atoms with Crippen LogP contribution < -0.4 is 4.74 Å². The lowest BCUT2D eigenvalue weighted by Gasteiger charge is -2.07. The van der Waals surface area contributed by atoms with Gasteiger partial charge >= 0.3 is 0 Å². The minimum absolute atomic E-state index is 0.160. The SMILES string of the molecule is COc1ccc(-c2ccc3ccccc3c2)cc1O. The summed E-state index contributed by atoms with van der Waals surface area (Å²) in [4.78, 5) is 0. The van der Waals surface area contributed by atoms with Gasteiger partial charge in [-0.25, -0.2) is 0 Å². The van der Waals surface area contributed by atoms with Crippen LogP contribution in [0.5, 0.6) is 11.5 Å². The van der Waals surface area contributed by atoms with Gasteiger partial charge in [0.2, 0.25) is 0 Å². The van der Waals surface area contributed by atoms with Gasteiger partial charge in [0.1, 0.15) is 0 Å². The molecule has 0 saturated carbocycles. The van der Waals surface area contributed by atoms with Crippen molar-refractivity contribution in [2.75, 3.05) is 7.11 Å². The van der Waals surface area contributed by atoms with Gasteiger partial charge in [0, 0.05) is 0 Å². The third-order valence-electron chi connectivity index (χ3n) is 3.26. The highest BCUT2D eigenvalue weighted by Gasteiger charge is 2.05. The largest absolute Gasteiger partial charge is 0.504 e. The Morgan fingerprint density at radius 3 is 2.21 bits per heavy atom. The number of rotatable bonds is 2. The first-order valence-electron chi connectivity index (χ1n) is 6.14. The normalized spacial score (nSPS) is 10.6. The molecule has 0 aliphatic carbocycles. The number of phenols is 1. The Hall–Kier alpha value is -2.48. The second-order valence-electron chi connectivity index (χ2n) is 4.45. The van der Waals surface area contributed by atoms with Crippen LogP contribution in [0.3, 0.4) is 0 Å². The molecule has 94 valence electrons. The third-order valence-corrected chi connectivity index (χ3v) is 3.26. The molecule has 0 aromatic heterocycles. The zero-order chi connectivity index (χ0) is 13.2. The van der Waals surface area contributed by atoms with E-state index in [-0.39, 0.29) is 5.75 Å². The number of hydrogen-bond donors (Lipinski definition) is 1. The van der Waals surface area contributed by atoms with Gasteiger partial charge in [0.05, 0.1) is 7.11 Å². The standard InChI is InChI=1S/C17H14O2/c1-19-17-9-8-15(11-16(17)18)14-7-6-12-4-2-3-5-13(12)10-14/h2-11,18H,1H3. The Kier molecular flexibility index (Phi) is 2.84. The lowest BCUT2D eigenvalue weighted by molar-refractivity contribution is 0.373. The van der Waals surface area contributed by atoms with E-state index in [0.29, 0.717) is 5.75 Å². The molecule has 2 nitrogen and oxygen atoms in total. The van der Waals surface area contributed by atoms with Crippen LogP contribution in [0.2, 0.25) is 0 Å². The average Bonchev–Trinajstić information content (AvgIpc) is 2.46. The van der Waals surface area contributed by atoms with E-state index in [4.69, 9.17) is 4.74 Å². The molecule has 1 N–H and O–H groups in total. The van der Waals surface area contributed by atoms with Gasteiger partial charge in [-0.05, 0) is 40.1 Å². The van der Waals surface area contributed by atoms with Gasteiger partial charge in [-0.2, -0.15) is 0 Å². The number of benzene rings is 3. The van der Waals surface area contributed by atoms with E-state index < -0.39 is 0 Å². The quantitative estimate of drug-likeness (QED) is 0.737. The summed E-state index contributed by atoms with van der Waals surface area (Å²) < 4.78 is 5.06. The number of methoxy groups -OCH3 is 1. The van der Waals surface area contributed by atoms with E-state index in [1.54, 1.807) is 19.2 Å².